The Bertz CT molecular complexity index is 256. The van der Waals surface area contributed by atoms with Gasteiger partial charge in [-0.3, -0.25) is 16.0 Å². The van der Waals surface area contributed by atoms with Crippen LogP contribution in [0.1, 0.15) is 11.7 Å². The molecule has 1 aromatic heterocycles. The zero-order chi connectivity index (χ0) is 9.84. The van der Waals surface area contributed by atoms with Crippen molar-refractivity contribution in [1.29, 1.82) is 0 Å². The van der Waals surface area contributed by atoms with E-state index in [1.807, 2.05) is 11.7 Å². The van der Waals surface area contributed by atoms with E-state index in [1.54, 1.807) is 18.0 Å². The van der Waals surface area contributed by atoms with Crippen LogP contribution in [0.2, 0.25) is 0 Å². The fourth-order valence-electron chi connectivity index (χ4n) is 1.18. The maximum Gasteiger partial charge on any atom is 0.0730 e. The monoisotopic (exact) mass is 264 g/mol. The van der Waals surface area contributed by atoms with Crippen molar-refractivity contribution in [3.05, 3.63) is 16.4 Å². The van der Waals surface area contributed by atoms with E-state index in [0.29, 0.717) is 0 Å². The van der Waals surface area contributed by atoms with E-state index >= 15 is 0 Å². The molecule has 0 saturated carbocycles. The van der Waals surface area contributed by atoms with Gasteiger partial charge in [-0.15, -0.1) is 0 Å². The molecule has 0 bridgehead atoms. The first-order chi connectivity index (χ1) is 6.20. The van der Waals surface area contributed by atoms with Gasteiger partial charge in [-0.05, 0) is 22.2 Å². The second-order valence-corrected chi connectivity index (χ2v) is 4.44. The summed E-state index contributed by atoms with van der Waals surface area (Å²) in [5.74, 6) is 6.39. The number of rotatable bonds is 4. The topological polar surface area (TPSA) is 55.9 Å². The van der Waals surface area contributed by atoms with Crippen LogP contribution in [0.5, 0.6) is 0 Å². The number of hydrogen-bond donors (Lipinski definition) is 2. The molecule has 0 aliphatic carbocycles. The van der Waals surface area contributed by atoms with Crippen molar-refractivity contribution in [3.63, 3.8) is 0 Å². The number of hydrogen-bond acceptors (Lipinski definition) is 4. The van der Waals surface area contributed by atoms with Crippen molar-refractivity contribution in [3.8, 4) is 0 Å². The zero-order valence-corrected chi connectivity index (χ0v) is 10.0. The predicted molar refractivity (Wildman–Crippen MR) is 59.4 cm³/mol. The van der Waals surface area contributed by atoms with Crippen LogP contribution in [0.25, 0.3) is 0 Å². The fourth-order valence-corrected chi connectivity index (χ4v) is 2.40. The molecule has 0 aromatic carbocycles. The van der Waals surface area contributed by atoms with Crippen molar-refractivity contribution >= 4 is 27.7 Å². The third-order valence-electron chi connectivity index (χ3n) is 1.80. The highest BCUT2D eigenvalue weighted by Gasteiger charge is 2.16. The lowest BCUT2D eigenvalue weighted by Crippen LogP contribution is -2.31. The van der Waals surface area contributed by atoms with Crippen LogP contribution in [0.4, 0.5) is 0 Å². The summed E-state index contributed by atoms with van der Waals surface area (Å²) >= 11 is 5.19. The molecule has 1 rings (SSSR count). The van der Waals surface area contributed by atoms with Gasteiger partial charge >= 0.3 is 0 Å². The third kappa shape index (κ3) is 2.46. The SMILES string of the molecule is CSCC(NN)c1c(Br)cnn1C. The van der Waals surface area contributed by atoms with Crippen LogP contribution < -0.4 is 11.3 Å². The molecule has 0 radical (unpaired) electrons. The molecule has 6 heteroatoms. The Morgan fingerprint density at radius 1 is 1.85 bits per heavy atom. The van der Waals surface area contributed by atoms with Gasteiger partial charge < -0.3 is 0 Å². The molecule has 4 nitrogen and oxygen atoms in total. The van der Waals surface area contributed by atoms with Gasteiger partial charge in [0.25, 0.3) is 0 Å². The molecule has 1 unspecified atom stereocenters. The highest BCUT2D eigenvalue weighted by Crippen LogP contribution is 2.23. The van der Waals surface area contributed by atoms with Crippen LogP contribution >= 0.6 is 27.7 Å². The highest BCUT2D eigenvalue weighted by molar-refractivity contribution is 9.10. The Labute approximate surface area is 90.3 Å². The van der Waals surface area contributed by atoms with Gasteiger partial charge in [0.15, 0.2) is 0 Å². The van der Waals surface area contributed by atoms with E-state index in [1.165, 1.54) is 0 Å². The van der Waals surface area contributed by atoms with E-state index in [-0.39, 0.29) is 6.04 Å². The number of halogens is 1. The molecule has 74 valence electrons. The van der Waals surface area contributed by atoms with Crippen molar-refractivity contribution in [2.45, 2.75) is 6.04 Å². The van der Waals surface area contributed by atoms with Crippen LogP contribution in [-0.2, 0) is 7.05 Å². The van der Waals surface area contributed by atoms with Gasteiger partial charge in [0.2, 0.25) is 0 Å². The van der Waals surface area contributed by atoms with E-state index in [0.717, 1.165) is 15.9 Å². The van der Waals surface area contributed by atoms with Crippen molar-refractivity contribution < 1.29 is 0 Å². The number of aryl methyl sites for hydroxylation is 1. The predicted octanol–water partition coefficient (Wildman–Crippen LogP) is 1.05. The molecule has 0 aliphatic rings. The largest absolute Gasteiger partial charge is 0.271 e. The minimum atomic E-state index is 0.136. The fraction of sp³-hybridized carbons (Fsp3) is 0.571. The molecule has 1 aromatic rings. The average molecular weight is 265 g/mol. The average Bonchev–Trinajstić information content (AvgIpc) is 2.43. The molecular formula is C7H13BrN4S. The van der Waals surface area contributed by atoms with Crippen LogP contribution in [0.15, 0.2) is 10.7 Å². The van der Waals surface area contributed by atoms with Gasteiger partial charge in [0, 0.05) is 12.8 Å². The van der Waals surface area contributed by atoms with Crippen molar-refractivity contribution in [1.82, 2.24) is 15.2 Å². The Kier molecular flexibility index (Phi) is 4.24. The van der Waals surface area contributed by atoms with E-state index in [4.69, 9.17) is 5.84 Å². The molecule has 0 amide bonds. The molecule has 0 spiro atoms. The Morgan fingerprint density at radius 2 is 2.54 bits per heavy atom. The Morgan fingerprint density at radius 3 is 2.92 bits per heavy atom. The minimum absolute atomic E-state index is 0.136. The second kappa shape index (κ2) is 4.99. The first-order valence-corrected chi connectivity index (χ1v) is 6.01. The van der Waals surface area contributed by atoms with Crippen LogP contribution in [0, 0.1) is 0 Å². The first-order valence-electron chi connectivity index (χ1n) is 3.83. The lowest BCUT2D eigenvalue weighted by Gasteiger charge is -2.15. The molecular weight excluding hydrogens is 252 g/mol. The summed E-state index contributed by atoms with van der Waals surface area (Å²) in [5.41, 5.74) is 3.86. The molecule has 13 heavy (non-hydrogen) atoms. The van der Waals surface area contributed by atoms with Gasteiger partial charge in [-0.2, -0.15) is 16.9 Å². The Hall–Kier alpha value is -0.0400. The number of aromatic nitrogens is 2. The van der Waals surface area contributed by atoms with Crippen LogP contribution in [0.3, 0.4) is 0 Å². The number of nitrogens with zero attached hydrogens (tertiary/aromatic N) is 2. The molecule has 3 N–H and O–H groups in total. The molecule has 1 atom stereocenters. The standard InChI is InChI=1S/C7H13BrN4S/c1-12-7(5(8)3-10-12)6(11-9)4-13-2/h3,6,11H,4,9H2,1-2H3. The third-order valence-corrected chi connectivity index (χ3v) is 3.08. The molecule has 0 aliphatic heterocycles. The van der Waals surface area contributed by atoms with Gasteiger partial charge in [0.05, 0.1) is 22.4 Å². The van der Waals surface area contributed by atoms with Gasteiger partial charge in [-0.1, -0.05) is 0 Å². The number of nitrogens with one attached hydrogen (secondary N) is 1. The zero-order valence-electron chi connectivity index (χ0n) is 7.62. The second-order valence-electron chi connectivity index (χ2n) is 2.68. The van der Waals surface area contributed by atoms with E-state index in [9.17, 15) is 0 Å². The van der Waals surface area contributed by atoms with Crippen molar-refractivity contribution in [2.24, 2.45) is 12.9 Å². The summed E-state index contributed by atoms with van der Waals surface area (Å²) in [6.45, 7) is 0. The Balaban J connectivity index is 2.89. The summed E-state index contributed by atoms with van der Waals surface area (Å²) in [6.07, 6.45) is 3.83. The summed E-state index contributed by atoms with van der Waals surface area (Å²) in [6, 6.07) is 0.136. The van der Waals surface area contributed by atoms with Crippen LogP contribution in [-0.4, -0.2) is 21.8 Å². The summed E-state index contributed by atoms with van der Waals surface area (Å²) < 4.78 is 2.82. The molecule has 1 heterocycles. The highest BCUT2D eigenvalue weighted by atomic mass is 79.9. The number of thioether (sulfide) groups is 1. The maximum atomic E-state index is 5.46. The molecule has 0 fully saturated rings. The quantitative estimate of drug-likeness (QED) is 0.631. The normalized spacial score (nSPS) is 13.2. The van der Waals surface area contributed by atoms with Gasteiger partial charge in [0.1, 0.15) is 0 Å². The van der Waals surface area contributed by atoms with Gasteiger partial charge in [-0.25, -0.2) is 0 Å². The van der Waals surface area contributed by atoms with Crippen molar-refractivity contribution in [2.75, 3.05) is 12.0 Å². The smallest absolute Gasteiger partial charge is 0.0730 e. The summed E-state index contributed by atoms with van der Waals surface area (Å²) in [7, 11) is 1.91. The minimum Gasteiger partial charge on any atom is -0.271 e. The maximum absolute atomic E-state index is 5.46. The van der Waals surface area contributed by atoms with E-state index < -0.39 is 0 Å². The number of hydrazine groups is 1. The summed E-state index contributed by atoms with van der Waals surface area (Å²) in [4.78, 5) is 0. The lowest BCUT2D eigenvalue weighted by atomic mass is 10.2. The van der Waals surface area contributed by atoms with E-state index in [2.05, 4.69) is 32.7 Å². The first kappa shape index (κ1) is 11.0. The number of nitrogens with two attached hydrogens (primary N) is 1. The summed E-state index contributed by atoms with van der Waals surface area (Å²) in [5, 5.41) is 4.13. The molecule has 0 saturated heterocycles. The lowest BCUT2D eigenvalue weighted by molar-refractivity contribution is 0.553.